The minimum atomic E-state index is -0.304. The van der Waals surface area contributed by atoms with Gasteiger partial charge in [-0.1, -0.05) is 19.1 Å². The Bertz CT molecular complexity index is 380. The molecule has 0 aromatic heterocycles. The topological polar surface area (TPSA) is 30.5 Å². The molecule has 1 aromatic rings. The van der Waals surface area contributed by atoms with Gasteiger partial charge in [-0.25, -0.2) is 4.39 Å². The summed E-state index contributed by atoms with van der Waals surface area (Å²) in [5.41, 5.74) is 0. The van der Waals surface area contributed by atoms with Crippen LogP contribution < -0.4 is 10.1 Å². The van der Waals surface area contributed by atoms with Gasteiger partial charge >= 0.3 is 0 Å². The Morgan fingerprint density at radius 1 is 1.47 bits per heavy atom. The summed E-state index contributed by atoms with van der Waals surface area (Å²) in [6.07, 6.45) is 2.67. The number of benzene rings is 1. The number of ether oxygens (including phenoxy) is 2. The van der Waals surface area contributed by atoms with E-state index in [-0.39, 0.29) is 5.82 Å². The number of halogens is 1. The van der Waals surface area contributed by atoms with Crippen molar-refractivity contribution in [2.45, 2.75) is 25.9 Å². The molecule has 0 bridgehead atoms. The summed E-state index contributed by atoms with van der Waals surface area (Å²) in [6, 6.07) is 6.51. The lowest BCUT2D eigenvalue weighted by atomic mass is 10.2. The van der Waals surface area contributed by atoms with Gasteiger partial charge in [0, 0.05) is 25.6 Å². The second kappa shape index (κ2) is 7.46. The Labute approximate surface area is 114 Å². The monoisotopic (exact) mass is 267 g/mol. The first kappa shape index (κ1) is 14.3. The smallest absolute Gasteiger partial charge is 0.165 e. The van der Waals surface area contributed by atoms with E-state index in [1.807, 2.05) is 0 Å². The minimum Gasteiger partial charge on any atom is -0.490 e. The van der Waals surface area contributed by atoms with Crippen molar-refractivity contribution in [2.75, 3.05) is 26.3 Å². The highest BCUT2D eigenvalue weighted by Crippen LogP contribution is 2.16. The molecule has 0 amide bonds. The fourth-order valence-electron chi connectivity index (χ4n) is 2.15. The zero-order valence-electron chi connectivity index (χ0n) is 11.4. The molecule has 0 spiro atoms. The Kier molecular flexibility index (Phi) is 5.61. The van der Waals surface area contributed by atoms with Crippen LogP contribution in [0.4, 0.5) is 4.39 Å². The third-order valence-corrected chi connectivity index (χ3v) is 3.25. The van der Waals surface area contributed by atoms with Crippen LogP contribution in [0.25, 0.3) is 0 Å². The summed E-state index contributed by atoms with van der Waals surface area (Å²) in [5, 5.41) is 3.38. The maximum atomic E-state index is 13.3. The van der Waals surface area contributed by atoms with Crippen molar-refractivity contribution >= 4 is 0 Å². The van der Waals surface area contributed by atoms with Gasteiger partial charge in [0.25, 0.3) is 0 Å². The van der Waals surface area contributed by atoms with E-state index in [1.165, 1.54) is 6.07 Å². The molecule has 1 aromatic carbocycles. The lowest BCUT2D eigenvalue weighted by molar-refractivity contribution is 0.108. The summed E-state index contributed by atoms with van der Waals surface area (Å²) in [5.74, 6) is 0.358. The molecular formula is C15H22FNO2. The highest BCUT2D eigenvalue weighted by Gasteiger charge is 2.15. The first-order valence-electron chi connectivity index (χ1n) is 6.95. The predicted octanol–water partition coefficient (Wildman–Crippen LogP) is 2.61. The number of rotatable bonds is 7. The molecule has 1 aliphatic rings. The Morgan fingerprint density at radius 2 is 2.32 bits per heavy atom. The fraction of sp³-hybridized carbons (Fsp3) is 0.600. The highest BCUT2D eigenvalue weighted by molar-refractivity contribution is 5.23. The molecule has 106 valence electrons. The molecule has 0 saturated carbocycles. The van der Waals surface area contributed by atoms with Crippen LogP contribution in [0.5, 0.6) is 5.75 Å². The van der Waals surface area contributed by atoms with Crippen molar-refractivity contribution < 1.29 is 13.9 Å². The Morgan fingerprint density at radius 3 is 3.05 bits per heavy atom. The lowest BCUT2D eigenvalue weighted by Gasteiger charge is -2.16. The molecule has 0 radical (unpaired) electrons. The van der Waals surface area contributed by atoms with Crippen LogP contribution in [-0.4, -0.2) is 32.4 Å². The van der Waals surface area contributed by atoms with Crippen LogP contribution in [0.15, 0.2) is 24.3 Å². The van der Waals surface area contributed by atoms with Crippen LogP contribution in [-0.2, 0) is 4.74 Å². The van der Waals surface area contributed by atoms with E-state index in [9.17, 15) is 4.39 Å². The molecule has 1 fully saturated rings. The maximum Gasteiger partial charge on any atom is 0.165 e. The van der Waals surface area contributed by atoms with E-state index in [1.54, 1.807) is 18.2 Å². The predicted molar refractivity (Wildman–Crippen MR) is 72.9 cm³/mol. The SMILES string of the molecule is C[C@@H](CNC[C@H]1CCCO1)COc1ccccc1F. The Balaban J connectivity index is 1.61. The van der Waals surface area contributed by atoms with Crippen LogP contribution in [0.1, 0.15) is 19.8 Å². The molecule has 1 saturated heterocycles. The summed E-state index contributed by atoms with van der Waals surface area (Å²) in [7, 11) is 0. The minimum absolute atomic E-state index is 0.304. The summed E-state index contributed by atoms with van der Waals surface area (Å²) < 4.78 is 24.4. The number of hydrogen-bond donors (Lipinski definition) is 1. The third-order valence-electron chi connectivity index (χ3n) is 3.25. The molecule has 19 heavy (non-hydrogen) atoms. The van der Waals surface area contributed by atoms with Gasteiger partial charge in [-0.2, -0.15) is 0 Å². The van der Waals surface area contributed by atoms with E-state index in [2.05, 4.69) is 12.2 Å². The van der Waals surface area contributed by atoms with Crippen LogP contribution in [0, 0.1) is 11.7 Å². The van der Waals surface area contributed by atoms with Gasteiger partial charge in [0.15, 0.2) is 11.6 Å². The summed E-state index contributed by atoms with van der Waals surface area (Å²) >= 11 is 0. The van der Waals surface area contributed by atoms with Crippen molar-refractivity contribution in [3.63, 3.8) is 0 Å². The van der Waals surface area contributed by atoms with Gasteiger partial charge in [0.05, 0.1) is 12.7 Å². The molecule has 3 nitrogen and oxygen atoms in total. The average Bonchev–Trinajstić information content (AvgIpc) is 2.91. The largest absolute Gasteiger partial charge is 0.490 e. The molecule has 2 rings (SSSR count). The van der Waals surface area contributed by atoms with Crippen LogP contribution in [0.2, 0.25) is 0 Å². The van der Waals surface area contributed by atoms with Gasteiger partial charge < -0.3 is 14.8 Å². The first-order valence-corrected chi connectivity index (χ1v) is 6.95. The first-order chi connectivity index (χ1) is 9.25. The second-order valence-corrected chi connectivity index (χ2v) is 5.14. The lowest BCUT2D eigenvalue weighted by Crippen LogP contribution is -2.31. The van der Waals surface area contributed by atoms with E-state index in [4.69, 9.17) is 9.47 Å². The van der Waals surface area contributed by atoms with Gasteiger partial charge in [-0.05, 0) is 25.0 Å². The molecule has 2 atom stereocenters. The molecule has 0 unspecified atom stereocenters. The Hall–Kier alpha value is -1.13. The van der Waals surface area contributed by atoms with Crippen molar-refractivity contribution in [3.8, 4) is 5.75 Å². The second-order valence-electron chi connectivity index (χ2n) is 5.14. The highest BCUT2D eigenvalue weighted by atomic mass is 19.1. The molecule has 1 aliphatic heterocycles. The van der Waals surface area contributed by atoms with Gasteiger partial charge in [0.1, 0.15) is 0 Å². The van der Waals surface area contributed by atoms with E-state index < -0.39 is 0 Å². The van der Waals surface area contributed by atoms with Crippen LogP contribution in [0.3, 0.4) is 0 Å². The van der Waals surface area contributed by atoms with Gasteiger partial charge in [-0.15, -0.1) is 0 Å². The summed E-state index contributed by atoms with van der Waals surface area (Å²) in [4.78, 5) is 0. The van der Waals surface area contributed by atoms with E-state index >= 15 is 0 Å². The van der Waals surface area contributed by atoms with E-state index in [0.717, 1.165) is 32.5 Å². The van der Waals surface area contributed by atoms with E-state index in [0.29, 0.717) is 24.4 Å². The molecular weight excluding hydrogens is 245 g/mol. The van der Waals surface area contributed by atoms with Crippen molar-refractivity contribution in [3.05, 3.63) is 30.1 Å². The summed E-state index contributed by atoms with van der Waals surface area (Å²) in [6.45, 7) is 5.24. The number of hydrogen-bond acceptors (Lipinski definition) is 3. The fourth-order valence-corrected chi connectivity index (χ4v) is 2.15. The molecule has 1 N–H and O–H groups in total. The zero-order chi connectivity index (χ0) is 13.5. The average molecular weight is 267 g/mol. The quantitative estimate of drug-likeness (QED) is 0.823. The maximum absolute atomic E-state index is 13.3. The molecule has 1 heterocycles. The van der Waals surface area contributed by atoms with Gasteiger partial charge in [-0.3, -0.25) is 0 Å². The van der Waals surface area contributed by atoms with Crippen LogP contribution >= 0.6 is 0 Å². The van der Waals surface area contributed by atoms with Crippen molar-refractivity contribution in [2.24, 2.45) is 5.92 Å². The number of nitrogens with one attached hydrogen (secondary N) is 1. The zero-order valence-corrected chi connectivity index (χ0v) is 11.4. The standard InChI is InChI=1S/C15H22FNO2/c1-12(9-17-10-13-5-4-8-18-13)11-19-15-7-3-2-6-14(15)16/h2-3,6-7,12-13,17H,4-5,8-11H2,1H3/t12-,13+/m0/s1. The molecule has 0 aliphatic carbocycles. The van der Waals surface area contributed by atoms with Gasteiger partial charge in [0.2, 0.25) is 0 Å². The van der Waals surface area contributed by atoms with Crippen molar-refractivity contribution in [1.82, 2.24) is 5.32 Å². The van der Waals surface area contributed by atoms with Crippen molar-refractivity contribution in [1.29, 1.82) is 0 Å². The normalized spacial score (nSPS) is 20.4. The molecule has 4 heteroatoms. The number of para-hydroxylation sites is 1. The third kappa shape index (κ3) is 4.80.